The Labute approximate surface area is 66.6 Å². The molecule has 0 amide bonds. The van der Waals surface area contributed by atoms with Gasteiger partial charge in [0.15, 0.2) is 11.9 Å². The summed E-state index contributed by atoms with van der Waals surface area (Å²) in [5, 5.41) is 12.6. The molecule has 0 heterocycles. The van der Waals surface area contributed by atoms with Gasteiger partial charge in [0.2, 0.25) is 0 Å². The van der Waals surface area contributed by atoms with Gasteiger partial charge >= 0.3 is 0 Å². The quantitative estimate of drug-likeness (QED) is 0.320. The predicted octanol–water partition coefficient (Wildman–Crippen LogP) is -0.545. The SMILES string of the molecule is CCCNC(=N)N/C(N)=N/C. The Morgan fingerprint density at radius 1 is 1.64 bits per heavy atom. The van der Waals surface area contributed by atoms with Gasteiger partial charge in [0.1, 0.15) is 0 Å². The zero-order valence-electron chi connectivity index (χ0n) is 6.94. The van der Waals surface area contributed by atoms with Gasteiger partial charge in [-0.2, -0.15) is 0 Å². The van der Waals surface area contributed by atoms with Crippen LogP contribution in [0.3, 0.4) is 0 Å². The highest BCUT2D eigenvalue weighted by molar-refractivity contribution is 5.96. The fourth-order valence-electron chi connectivity index (χ4n) is 0.478. The summed E-state index contributed by atoms with van der Waals surface area (Å²) in [4.78, 5) is 3.64. The molecule has 5 nitrogen and oxygen atoms in total. The van der Waals surface area contributed by atoms with Crippen molar-refractivity contribution in [3.8, 4) is 0 Å². The minimum absolute atomic E-state index is 0.190. The number of hydrogen-bond donors (Lipinski definition) is 4. The summed E-state index contributed by atoms with van der Waals surface area (Å²) in [5.74, 6) is 0.438. The zero-order valence-corrected chi connectivity index (χ0v) is 6.94. The van der Waals surface area contributed by atoms with E-state index in [1.54, 1.807) is 7.05 Å². The topological polar surface area (TPSA) is 86.3 Å². The van der Waals surface area contributed by atoms with E-state index in [-0.39, 0.29) is 11.9 Å². The summed E-state index contributed by atoms with van der Waals surface area (Å²) < 4.78 is 0. The number of guanidine groups is 2. The van der Waals surface area contributed by atoms with Crippen molar-refractivity contribution in [1.82, 2.24) is 10.6 Å². The Bertz CT molecular complexity index is 151. The van der Waals surface area contributed by atoms with Crippen LogP contribution in [0.25, 0.3) is 0 Å². The van der Waals surface area contributed by atoms with E-state index in [9.17, 15) is 0 Å². The lowest BCUT2D eigenvalue weighted by Gasteiger charge is -2.07. The van der Waals surface area contributed by atoms with Crippen LogP contribution in [-0.2, 0) is 0 Å². The molecule has 0 saturated heterocycles. The molecule has 0 bridgehead atoms. The van der Waals surface area contributed by atoms with Gasteiger partial charge in [0.25, 0.3) is 0 Å². The van der Waals surface area contributed by atoms with E-state index in [4.69, 9.17) is 11.1 Å². The number of nitrogens with zero attached hydrogens (tertiary/aromatic N) is 1. The molecule has 0 atom stereocenters. The third-order valence-electron chi connectivity index (χ3n) is 1.05. The molecule has 0 aliphatic rings. The van der Waals surface area contributed by atoms with Crippen LogP contribution in [0.4, 0.5) is 0 Å². The van der Waals surface area contributed by atoms with Crippen molar-refractivity contribution < 1.29 is 0 Å². The lowest BCUT2D eigenvalue weighted by Crippen LogP contribution is -2.44. The molecule has 11 heavy (non-hydrogen) atoms. The summed E-state index contributed by atoms with van der Waals surface area (Å²) in [6, 6.07) is 0. The molecule has 64 valence electrons. The molecule has 5 heteroatoms. The molecule has 5 N–H and O–H groups in total. The average molecular weight is 157 g/mol. The molecule has 0 saturated carbocycles. The second kappa shape index (κ2) is 5.52. The standard InChI is InChI=1S/C6H15N5/c1-3-4-10-6(8)11-5(7)9-2/h3-4H2,1-2H3,(H5,7,8,9,10,11). The molecule has 0 spiro atoms. The molecule has 0 radical (unpaired) electrons. The van der Waals surface area contributed by atoms with Crippen molar-refractivity contribution in [3.63, 3.8) is 0 Å². The highest BCUT2D eigenvalue weighted by Gasteiger charge is 1.93. The van der Waals surface area contributed by atoms with Crippen molar-refractivity contribution in [1.29, 1.82) is 5.41 Å². The maximum absolute atomic E-state index is 7.24. The normalized spacial score (nSPS) is 10.9. The monoisotopic (exact) mass is 157 g/mol. The van der Waals surface area contributed by atoms with E-state index >= 15 is 0 Å². The minimum atomic E-state index is 0.190. The third-order valence-corrected chi connectivity index (χ3v) is 1.05. The molecule has 0 aliphatic carbocycles. The summed E-state index contributed by atoms with van der Waals surface area (Å²) in [6.45, 7) is 2.79. The second-order valence-corrected chi connectivity index (χ2v) is 2.04. The van der Waals surface area contributed by atoms with Gasteiger partial charge in [0, 0.05) is 13.6 Å². The Kier molecular flexibility index (Phi) is 4.89. The highest BCUT2D eigenvalue weighted by Crippen LogP contribution is 1.68. The Morgan fingerprint density at radius 3 is 2.73 bits per heavy atom. The summed E-state index contributed by atoms with van der Waals surface area (Å²) in [5.41, 5.74) is 5.30. The lowest BCUT2D eigenvalue weighted by molar-refractivity contribution is 0.819. The molecule has 0 aliphatic heterocycles. The number of hydrogen-bond acceptors (Lipinski definition) is 2. The van der Waals surface area contributed by atoms with Gasteiger partial charge < -0.3 is 11.1 Å². The van der Waals surface area contributed by atoms with E-state index in [1.807, 2.05) is 6.92 Å². The minimum Gasteiger partial charge on any atom is -0.370 e. The number of rotatable bonds is 2. The average Bonchev–Trinajstić information content (AvgIpc) is 2.00. The van der Waals surface area contributed by atoms with Gasteiger partial charge in [0.05, 0.1) is 0 Å². The molecule has 0 unspecified atom stereocenters. The summed E-state index contributed by atoms with van der Waals surface area (Å²) in [7, 11) is 1.56. The van der Waals surface area contributed by atoms with Gasteiger partial charge in [-0.3, -0.25) is 15.7 Å². The van der Waals surface area contributed by atoms with E-state index in [0.717, 1.165) is 13.0 Å². The predicted molar refractivity (Wildman–Crippen MR) is 46.7 cm³/mol. The Morgan fingerprint density at radius 2 is 2.27 bits per heavy atom. The molecule has 0 aromatic heterocycles. The largest absolute Gasteiger partial charge is 0.370 e. The van der Waals surface area contributed by atoms with Crippen molar-refractivity contribution >= 4 is 11.9 Å². The second-order valence-electron chi connectivity index (χ2n) is 2.04. The van der Waals surface area contributed by atoms with Crippen molar-refractivity contribution in [2.24, 2.45) is 10.7 Å². The van der Waals surface area contributed by atoms with E-state index in [1.165, 1.54) is 0 Å². The molecular weight excluding hydrogens is 142 g/mol. The fraction of sp³-hybridized carbons (Fsp3) is 0.667. The fourth-order valence-corrected chi connectivity index (χ4v) is 0.478. The lowest BCUT2D eigenvalue weighted by atomic mass is 10.5. The number of nitrogens with two attached hydrogens (primary N) is 1. The van der Waals surface area contributed by atoms with Crippen LogP contribution < -0.4 is 16.4 Å². The first-order chi connectivity index (χ1) is 5.20. The Balaban J connectivity index is 3.53. The molecular formula is C6H15N5. The van der Waals surface area contributed by atoms with Crippen LogP contribution in [0.2, 0.25) is 0 Å². The molecule has 0 rings (SSSR count). The van der Waals surface area contributed by atoms with Crippen LogP contribution in [0.5, 0.6) is 0 Å². The first-order valence-corrected chi connectivity index (χ1v) is 3.52. The van der Waals surface area contributed by atoms with Crippen LogP contribution in [0.15, 0.2) is 4.99 Å². The maximum Gasteiger partial charge on any atom is 0.195 e. The first kappa shape index (κ1) is 9.74. The first-order valence-electron chi connectivity index (χ1n) is 3.52. The van der Waals surface area contributed by atoms with Crippen LogP contribution in [0, 0.1) is 5.41 Å². The number of aliphatic imine (C=N–C) groups is 1. The van der Waals surface area contributed by atoms with Crippen molar-refractivity contribution in [2.75, 3.05) is 13.6 Å². The van der Waals surface area contributed by atoms with Crippen molar-refractivity contribution in [3.05, 3.63) is 0 Å². The molecule has 0 aromatic carbocycles. The van der Waals surface area contributed by atoms with Gasteiger partial charge in [-0.05, 0) is 6.42 Å². The molecule has 0 fully saturated rings. The summed E-state index contributed by atoms with van der Waals surface area (Å²) in [6.07, 6.45) is 0.979. The van der Waals surface area contributed by atoms with Crippen molar-refractivity contribution in [2.45, 2.75) is 13.3 Å². The van der Waals surface area contributed by atoms with Crippen LogP contribution in [0.1, 0.15) is 13.3 Å². The Hall–Kier alpha value is -1.26. The number of nitrogens with one attached hydrogen (secondary N) is 3. The third kappa shape index (κ3) is 5.20. The van der Waals surface area contributed by atoms with E-state index in [0.29, 0.717) is 0 Å². The van der Waals surface area contributed by atoms with E-state index in [2.05, 4.69) is 15.6 Å². The van der Waals surface area contributed by atoms with E-state index < -0.39 is 0 Å². The van der Waals surface area contributed by atoms with Gasteiger partial charge in [-0.25, -0.2) is 0 Å². The maximum atomic E-state index is 7.24. The van der Waals surface area contributed by atoms with Gasteiger partial charge in [-0.15, -0.1) is 0 Å². The van der Waals surface area contributed by atoms with Gasteiger partial charge in [-0.1, -0.05) is 6.92 Å². The van der Waals surface area contributed by atoms with Crippen LogP contribution >= 0.6 is 0 Å². The van der Waals surface area contributed by atoms with Crippen LogP contribution in [-0.4, -0.2) is 25.5 Å². The highest BCUT2D eigenvalue weighted by atomic mass is 15.2. The summed E-state index contributed by atoms with van der Waals surface area (Å²) >= 11 is 0. The zero-order chi connectivity index (χ0) is 8.69. The molecule has 0 aromatic rings. The smallest absolute Gasteiger partial charge is 0.195 e.